The first-order chi connectivity index (χ1) is 7.81. The van der Waals surface area contributed by atoms with Crippen LogP contribution < -0.4 is 5.73 Å². The van der Waals surface area contributed by atoms with Gasteiger partial charge in [-0.15, -0.1) is 11.3 Å². The Morgan fingerprint density at radius 1 is 1.47 bits per heavy atom. The van der Waals surface area contributed by atoms with Gasteiger partial charge in [0.15, 0.2) is 0 Å². The highest BCUT2D eigenvalue weighted by Crippen LogP contribution is 2.25. The lowest BCUT2D eigenvalue weighted by Gasteiger charge is -2.32. The van der Waals surface area contributed by atoms with Crippen LogP contribution in [0.25, 0.3) is 0 Å². The van der Waals surface area contributed by atoms with Crippen LogP contribution in [0, 0.1) is 5.41 Å². The summed E-state index contributed by atoms with van der Waals surface area (Å²) >= 11 is 5.24. The van der Waals surface area contributed by atoms with Crippen LogP contribution >= 0.6 is 27.3 Å². The molecule has 4 heteroatoms. The van der Waals surface area contributed by atoms with E-state index in [1.54, 1.807) is 11.3 Å². The van der Waals surface area contributed by atoms with E-state index in [2.05, 4.69) is 60.1 Å². The number of hydrogen-bond acceptors (Lipinski definition) is 3. The van der Waals surface area contributed by atoms with Crippen molar-refractivity contribution in [3.63, 3.8) is 0 Å². The van der Waals surface area contributed by atoms with Gasteiger partial charge in [-0.05, 0) is 51.8 Å². The fraction of sp³-hybridized carbons (Fsp3) is 0.692. The average Bonchev–Trinajstić information content (AvgIpc) is 2.59. The Bertz CT molecular complexity index is 343. The predicted octanol–water partition coefficient (Wildman–Crippen LogP) is 3.71. The minimum absolute atomic E-state index is 0.327. The van der Waals surface area contributed by atoms with E-state index in [0.717, 1.165) is 19.5 Å². The van der Waals surface area contributed by atoms with Crippen molar-refractivity contribution in [2.75, 3.05) is 13.6 Å². The molecule has 17 heavy (non-hydrogen) atoms. The summed E-state index contributed by atoms with van der Waals surface area (Å²) in [6, 6.07) is 2.64. The molecule has 1 rings (SSSR count). The van der Waals surface area contributed by atoms with Crippen molar-refractivity contribution in [1.82, 2.24) is 4.90 Å². The Morgan fingerprint density at radius 3 is 2.53 bits per heavy atom. The Balaban J connectivity index is 2.57. The molecular weight excluding hydrogens is 296 g/mol. The molecule has 2 N–H and O–H groups in total. The van der Waals surface area contributed by atoms with Gasteiger partial charge in [-0.1, -0.05) is 20.8 Å². The van der Waals surface area contributed by atoms with Gasteiger partial charge in [0.2, 0.25) is 0 Å². The van der Waals surface area contributed by atoms with Crippen LogP contribution in [0.15, 0.2) is 15.2 Å². The molecule has 0 aromatic carbocycles. The fourth-order valence-electron chi connectivity index (χ4n) is 1.97. The van der Waals surface area contributed by atoms with Crippen LogP contribution in [0.2, 0.25) is 0 Å². The summed E-state index contributed by atoms with van der Waals surface area (Å²) in [5.74, 6) is 0. The summed E-state index contributed by atoms with van der Waals surface area (Å²) in [5, 5.41) is 2.20. The van der Waals surface area contributed by atoms with Crippen molar-refractivity contribution < 1.29 is 0 Å². The van der Waals surface area contributed by atoms with Crippen LogP contribution in [0.1, 0.15) is 32.8 Å². The van der Waals surface area contributed by atoms with Gasteiger partial charge >= 0.3 is 0 Å². The largest absolute Gasteiger partial charge is 0.329 e. The molecule has 1 heterocycles. The highest BCUT2D eigenvalue weighted by Gasteiger charge is 2.21. The van der Waals surface area contributed by atoms with Crippen LogP contribution in [-0.4, -0.2) is 24.5 Å². The van der Waals surface area contributed by atoms with Gasteiger partial charge in [0.05, 0.1) is 3.79 Å². The van der Waals surface area contributed by atoms with E-state index in [9.17, 15) is 0 Å². The summed E-state index contributed by atoms with van der Waals surface area (Å²) in [7, 11) is 2.16. The zero-order valence-electron chi connectivity index (χ0n) is 11.2. The molecule has 0 amide bonds. The van der Waals surface area contributed by atoms with Gasteiger partial charge in [-0.2, -0.15) is 0 Å². The molecule has 0 saturated heterocycles. The maximum Gasteiger partial charge on any atom is 0.0701 e. The van der Waals surface area contributed by atoms with Crippen molar-refractivity contribution >= 4 is 27.3 Å². The van der Waals surface area contributed by atoms with E-state index in [1.807, 2.05) is 0 Å². The number of thiophene rings is 1. The Kier molecular flexibility index (Phi) is 5.64. The normalized spacial score (nSPS) is 14.3. The van der Waals surface area contributed by atoms with Crippen LogP contribution in [0.4, 0.5) is 0 Å². The molecule has 0 spiro atoms. The van der Waals surface area contributed by atoms with Crippen molar-refractivity contribution in [2.45, 2.75) is 39.8 Å². The zero-order valence-corrected chi connectivity index (χ0v) is 13.6. The van der Waals surface area contributed by atoms with Gasteiger partial charge in [-0.25, -0.2) is 0 Å². The molecule has 0 saturated carbocycles. The van der Waals surface area contributed by atoms with Gasteiger partial charge in [-0.3, -0.25) is 4.90 Å². The number of nitrogens with two attached hydrogens (primary N) is 1. The first-order valence-corrected chi connectivity index (χ1v) is 7.62. The molecule has 98 valence electrons. The molecule has 1 aromatic heterocycles. The lowest BCUT2D eigenvalue weighted by molar-refractivity contribution is 0.177. The fourth-order valence-corrected chi connectivity index (χ4v) is 3.17. The van der Waals surface area contributed by atoms with Gasteiger partial charge < -0.3 is 5.73 Å². The van der Waals surface area contributed by atoms with E-state index in [4.69, 9.17) is 5.73 Å². The Hall–Kier alpha value is 0.1000. The maximum atomic E-state index is 5.89. The third-order valence-corrected chi connectivity index (χ3v) is 4.35. The Labute approximate surface area is 117 Å². The molecule has 1 atom stereocenters. The minimum Gasteiger partial charge on any atom is -0.329 e. The van der Waals surface area contributed by atoms with E-state index in [1.165, 1.54) is 9.35 Å². The highest BCUT2D eigenvalue weighted by atomic mass is 79.9. The summed E-state index contributed by atoms with van der Waals surface area (Å²) in [5.41, 5.74) is 7.58. The number of halogens is 1. The van der Waals surface area contributed by atoms with Crippen LogP contribution in [0.3, 0.4) is 0 Å². The minimum atomic E-state index is 0.327. The monoisotopic (exact) mass is 318 g/mol. The summed E-state index contributed by atoms with van der Waals surface area (Å²) in [6.45, 7) is 8.50. The van der Waals surface area contributed by atoms with E-state index in [-0.39, 0.29) is 0 Å². The molecule has 2 nitrogen and oxygen atoms in total. The quantitative estimate of drug-likeness (QED) is 0.896. The predicted molar refractivity (Wildman–Crippen MR) is 80.4 cm³/mol. The molecule has 0 fully saturated rings. The molecule has 1 aromatic rings. The highest BCUT2D eigenvalue weighted by molar-refractivity contribution is 9.11. The van der Waals surface area contributed by atoms with Crippen LogP contribution in [-0.2, 0) is 6.54 Å². The second-order valence-electron chi connectivity index (χ2n) is 5.83. The second kappa shape index (κ2) is 6.32. The molecule has 0 aliphatic rings. The first kappa shape index (κ1) is 15.2. The lowest BCUT2D eigenvalue weighted by atomic mass is 9.87. The SMILES string of the molecule is CN(Cc1csc(Br)c1)C(CN)CC(C)(C)C. The smallest absolute Gasteiger partial charge is 0.0701 e. The number of rotatable bonds is 5. The topological polar surface area (TPSA) is 29.3 Å². The third-order valence-electron chi connectivity index (χ3n) is 2.80. The zero-order chi connectivity index (χ0) is 13.1. The van der Waals surface area contributed by atoms with Crippen molar-refractivity contribution in [3.05, 3.63) is 20.8 Å². The molecule has 0 bridgehead atoms. The number of hydrogen-bond donors (Lipinski definition) is 1. The van der Waals surface area contributed by atoms with Crippen LogP contribution in [0.5, 0.6) is 0 Å². The van der Waals surface area contributed by atoms with Gasteiger partial charge in [0.25, 0.3) is 0 Å². The maximum absolute atomic E-state index is 5.89. The van der Waals surface area contributed by atoms with Crippen molar-refractivity contribution in [3.8, 4) is 0 Å². The number of likely N-dealkylation sites (N-methyl/N-ethyl adjacent to an activating group) is 1. The second-order valence-corrected chi connectivity index (χ2v) is 8.12. The standard InChI is InChI=1S/C13H23BrN2S/c1-13(2,3)6-11(7-15)16(4)8-10-5-12(14)17-9-10/h5,9,11H,6-8,15H2,1-4H3. The van der Waals surface area contributed by atoms with Gasteiger partial charge in [0.1, 0.15) is 0 Å². The summed E-state index contributed by atoms with van der Waals surface area (Å²) in [4.78, 5) is 2.36. The summed E-state index contributed by atoms with van der Waals surface area (Å²) in [6.07, 6.45) is 1.13. The average molecular weight is 319 g/mol. The molecule has 0 aliphatic carbocycles. The molecular formula is C13H23BrN2S. The molecule has 1 unspecified atom stereocenters. The lowest BCUT2D eigenvalue weighted by Crippen LogP contribution is -2.40. The summed E-state index contributed by atoms with van der Waals surface area (Å²) < 4.78 is 1.20. The van der Waals surface area contributed by atoms with E-state index < -0.39 is 0 Å². The Morgan fingerprint density at radius 2 is 2.12 bits per heavy atom. The number of nitrogens with zero attached hydrogens (tertiary/aromatic N) is 1. The molecule has 0 radical (unpaired) electrons. The van der Waals surface area contributed by atoms with E-state index >= 15 is 0 Å². The first-order valence-electron chi connectivity index (χ1n) is 5.95. The van der Waals surface area contributed by atoms with Crippen molar-refractivity contribution in [1.29, 1.82) is 0 Å². The van der Waals surface area contributed by atoms with Crippen molar-refractivity contribution in [2.24, 2.45) is 11.1 Å². The van der Waals surface area contributed by atoms with Gasteiger partial charge in [0, 0.05) is 19.1 Å². The third kappa shape index (κ3) is 5.51. The molecule has 0 aliphatic heterocycles. The van der Waals surface area contributed by atoms with E-state index in [0.29, 0.717) is 11.5 Å².